The summed E-state index contributed by atoms with van der Waals surface area (Å²) in [6.07, 6.45) is -4.56. The molecule has 11 heteroatoms. The summed E-state index contributed by atoms with van der Waals surface area (Å²) in [5, 5.41) is 16.9. The third-order valence-electron chi connectivity index (χ3n) is 4.00. The number of halogens is 4. The summed E-state index contributed by atoms with van der Waals surface area (Å²) in [6, 6.07) is 2.33. The molecule has 1 aliphatic heterocycles. The number of nitrogens with one attached hydrogen (secondary N) is 2. The molecule has 1 fully saturated rings. The zero-order valence-electron chi connectivity index (χ0n) is 14.0. The third kappa shape index (κ3) is 5.46. The SMILES string of the molecule is C[C@@H]1CNCCN1C(=O)CCNc1ccc(C(F)(F)F)cc1[N+](=O)[O-].Cl. The molecule has 1 saturated heterocycles. The largest absolute Gasteiger partial charge is 0.416 e. The molecule has 1 aliphatic rings. The first kappa shape index (κ1) is 22.0. The van der Waals surface area contributed by atoms with E-state index in [9.17, 15) is 28.1 Å². The summed E-state index contributed by atoms with van der Waals surface area (Å²) < 4.78 is 38.0. The molecular formula is C15H20ClF3N4O3. The number of carbonyl (C=O) groups is 1. The molecule has 0 spiro atoms. The maximum atomic E-state index is 12.7. The Morgan fingerprint density at radius 2 is 2.15 bits per heavy atom. The van der Waals surface area contributed by atoms with Crippen LogP contribution in [0.5, 0.6) is 0 Å². The molecule has 1 heterocycles. The van der Waals surface area contributed by atoms with Gasteiger partial charge in [0.25, 0.3) is 5.69 Å². The molecule has 0 unspecified atom stereocenters. The van der Waals surface area contributed by atoms with Crippen molar-refractivity contribution in [2.75, 3.05) is 31.5 Å². The zero-order valence-corrected chi connectivity index (χ0v) is 14.8. The normalized spacial score (nSPS) is 17.4. The topological polar surface area (TPSA) is 87.5 Å². The van der Waals surface area contributed by atoms with E-state index in [0.717, 1.165) is 12.1 Å². The van der Waals surface area contributed by atoms with Crippen molar-refractivity contribution in [2.24, 2.45) is 0 Å². The van der Waals surface area contributed by atoms with Crippen molar-refractivity contribution in [3.63, 3.8) is 0 Å². The number of nitro groups is 1. The van der Waals surface area contributed by atoms with Gasteiger partial charge in [0.1, 0.15) is 5.69 Å². The number of hydrogen-bond donors (Lipinski definition) is 2. The van der Waals surface area contributed by atoms with E-state index < -0.39 is 22.4 Å². The Morgan fingerprint density at radius 1 is 1.46 bits per heavy atom. The summed E-state index contributed by atoms with van der Waals surface area (Å²) in [6.45, 7) is 4.00. The van der Waals surface area contributed by atoms with Crippen molar-refractivity contribution in [1.29, 1.82) is 0 Å². The van der Waals surface area contributed by atoms with Gasteiger partial charge in [-0.05, 0) is 19.1 Å². The lowest BCUT2D eigenvalue weighted by molar-refractivity contribution is -0.384. The number of nitrogens with zero attached hydrogens (tertiary/aromatic N) is 2. The Morgan fingerprint density at radius 3 is 2.73 bits per heavy atom. The Bertz CT molecular complexity index is 658. The maximum Gasteiger partial charge on any atom is 0.416 e. The van der Waals surface area contributed by atoms with E-state index in [0.29, 0.717) is 25.7 Å². The van der Waals surface area contributed by atoms with Crippen molar-refractivity contribution >= 4 is 29.7 Å². The minimum absolute atomic E-state index is 0. The molecule has 1 aromatic rings. The number of piperazine rings is 1. The standard InChI is InChI=1S/C15H19F3N4O3.ClH/c1-10-9-19-6-7-21(10)14(23)4-5-20-12-3-2-11(15(16,17)18)8-13(12)22(24)25;/h2-3,8,10,19-20H,4-7,9H2,1H3;1H/t10-;/m1./s1. The Kier molecular flexibility index (Phi) is 7.64. The Labute approximate surface area is 154 Å². The molecule has 1 aromatic carbocycles. The molecule has 0 saturated carbocycles. The highest BCUT2D eigenvalue weighted by Crippen LogP contribution is 2.34. The second kappa shape index (κ2) is 9.04. The average molecular weight is 397 g/mol. The summed E-state index contributed by atoms with van der Waals surface area (Å²) in [7, 11) is 0. The van der Waals surface area contributed by atoms with Gasteiger partial charge in [0.15, 0.2) is 0 Å². The van der Waals surface area contributed by atoms with Crippen molar-refractivity contribution in [2.45, 2.75) is 25.6 Å². The summed E-state index contributed by atoms with van der Waals surface area (Å²) >= 11 is 0. The van der Waals surface area contributed by atoms with Crippen LogP contribution < -0.4 is 10.6 Å². The Hall–Kier alpha value is -2.07. The van der Waals surface area contributed by atoms with Crippen LogP contribution >= 0.6 is 12.4 Å². The van der Waals surface area contributed by atoms with E-state index in [-0.39, 0.29) is 43.0 Å². The van der Waals surface area contributed by atoms with E-state index in [1.807, 2.05) is 6.92 Å². The first-order valence-electron chi connectivity index (χ1n) is 7.80. The van der Waals surface area contributed by atoms with Crippen molar-refractivity contribution in [3.8, 4) is 0 Å². The van der Waals surface area contributed by atoms with Gasteiger partial charge < -0.3 is 15.5 Å². The second-order valence-corrected chi connectivity index (χ2v) is 5.80. The molecule has 0 bridgehead atoms. The molecule has 2 N–H and O–H groups in total. The molecule has 1 amide bonds. The molecule has 2 rings (SSSR count). The average Bonchev–Trinajstić information content (AvgIpc) is 2.54. The first-order chi connectivity index (χ1) is 11.7. The summed E-state index contributed by atoms with van der Waals surface area (Å²) in [5.41, 5.74) is -1.80. The zero-order chi connectivity index (χ0) is 18.6. The Balaban J connectivity index is 0.00000338. The molecule has 0 aromatic heterocycles. The minimum atomic E-state index is -4.66. The number of carbonyl (C=O) groups excluding carboxylic acids is 1. The molecule has 146 valence electrons. The molecule has 26 heavy (non-hydrogen) atoms. The van der Waals surface area contributed by atoms with Gasteiger partial charge in [0.2, 0.25) is 5.91 Å². The van der Waals surface area contributed by atoms with Gasteiger partial charge in [0, 0.05) is 44.7 Å². The number of benzene rings is 1. The number of amides is 1. The predicted molar refractivity (Wildman–Crippen MR) is 92.5 cm³/mol. The van der Waals surface area contributed by atoms with Gasteiger partial charge in [0.05, 0.1) is 10.5 Å². The quantitative estimate of drug-likeness (QED) is 0.590. The van der Waals surface area contributed by atoms with Crippen molar-refractivity contribution in [3.05, 3.63) is 33.9 Å². The number of nitro benzene ring substituents is 1. The fraction of sp³-hybridized carbons (Fsp3) is 0.533. The van der Waals surface area contributed by atoms with E-state index in [2.05, 4.69) is 10.6 Å². The van der Waals surface area contributed by atoms with Crippen molar-refractivity contribution in [1.82, 2.24) is 10.2 Å². The smallest absolute Gasteiger partial charge is 0.379 e. The van der Waals surface area contributed by atoms with Gasteiger partial charge in [-0.2, -0.15) is 13.2 Å². The van der Waals surface area contributed by atoms with Crippen LogP contribution in [0.3, 0.4) is 0 Å². The molecular weight excluding hydrogens is 377 g/mol. The molecule has 1 atom stereocenters. The van der Waals surface area contributed by atoms with Crippen LogP contribution in [0.15, 0.2) is 18.2 Å². The van der Waals surface area contributed by atoms with Gasteiger partial charge in [-0.3, -0.25) is 14.9 Å². The third-order valence-corrected chi connectivity index (χ3v) is 4.00. The van der Waals surface area contributed by atoms with Crippen LogP contribution in [-0.2, 0) is 11.0 Å². The van der Waals surface area contributed by atoms with Gasteiger partial charge in [-0.25, -0.2) is 0 Å². The second-order valence-electron chi connectivity index (χ2n) is 5.80. The summed E-state index contributed by atoms with van der Waals surface area (Å²) in [5.74, 6) is -0.101. The molecule has 0 aliphatic carbocycles. The van der Waals surface area contributed by atoms with Gasteiger partial charge in [-0.1, -0.05) is 0 Å². The predicted octanol–water partition coefficient (Wildman–Crippen LogP) is 2.66. The van der Waals surface area contributed by atoms with Crippen LogP contribution in [0, 0.1) is 10.1 Å². The van der Waals surface area contributed by atoms with E-state index >= 15 is 0 Å². The van der Waals surface area contributed by atoms with Crippen LogP contribution in [0.2, 0.25) is 0 Å². The van der Waals surface area contributed by atoms with Crippen LogP contribution in [-0.4, -0.2) is 48.0 Å². The van der Waals surface area contributed by atoms with Crippen LogP contribution in [0.1, 0.15) is 18.9 Å². The maximum absolute atomic E-state index is 12.7. The highest BCUT2D eigenvalue weighted by atomic mass is 35.5. The fourth-order valence-corrected chi connectivity index (χ4v) is 2.67. The monoisotopic (exact) mass is 396 g/mol. The summed E-state index contributed by atoms with van der Waals surface area (Å²) in [4.78, 5) is 24.0. The van der Waals surface area contributed by atoms with Crippen LogP contribution in [0.4, 0.5) is 24.5 Å². The molecule has 0 radical (unpaired) electrons. The van der Waals surface area contributed by atoms with Crippen molar-refractivity contribution < 1.29 is 22.9 Å². The lowest BCUT2D eigenvalue weighted by atomic mass is 10.1. The van der Waals surface area contributed by atoms with E-state index in [4.69, 9.17) is 0 Å². The van der Waals surface area contributed by atoms with Crippen LogP contribution in [0.25, 0.3) is 0 Å². The number of rotatable bonds is 5. The van der Waals surface area contributed by atoms with E-state index in [1.165, 1.54) is 0 Å². The number of hydrogen-bond acceptors (Lipinski definition) is 5. The van der Waals surface area contributed by atoms with Gasteiger partial charge >= 0.3 is 6.18 Å². The fourth-order valence-electron chi connectivity index (χ4n) is 2.67. The van der Waals surface area contributed by atoms with Gasteiger partial charge in [-0.15, -0.1) is 12.4 Å². The number of anilines is 1. The highest BCUT2D eigenvalue weighted by molar-refractivity contribution is 5.85. The minimum Gasteiger partial charge on any atom is -0.379 e. The number of alkyl halides is 3. The lowest BCUT2D eigenvalue weighted by Crippen LogP contribution is -2.52. The molecule has 7 nitrogen and oxygen atoms in total. The highest BCUT2D eigenvalue weighted by Gasteiger charge is 2.33. The lowest BCUT2D eigenvalue weighted by Gasteiger charge is -2.34. The first-order valence-corrected chi connectivity index (χ1v) is 7.80. The van der Waals surface area contributed by atoms with E-state index in [1.54, 1.807) is 4.90 Å².